The van der Waals surface area contributed by atoms with E-state index in [4.69, 9.17) is 10.5 Å². The van der Waals surface area contributed by atoms with Gasteiger partial charge >= 0.3 is 0 Å². The van der Waals surface area contributed by atoms with Gasteiger partial charge in [-0.3, -0.25) is 0 Å². The van der Waals surface area contributed by atoms with E-state index in [-0.39, 0.29) is 18.0 Å². The van der Waals surface area contributed by atoms with E-state index in [2.05, 4.69) is 0 Å². The lowest BCUT2D eigenvalue weighted by Crippen LogP contribution is -2.09. The molecule has 0 unspecified atom stereocenters. The van der Waals surface area contributed by atoms with Crippen molar-refractivity contribution in [2.75, 3.05) is 0 Å². The number of hydrogen-bond donors (Lipinski definition) is 1. The third kappa shape index (κ3) is 2.04. The van der Waals surface area contributed by atoms with E-state index in [9.17, 15) is 4.39 Å². The van der Waals surface area contributed by atoms with Crippen LogP contribution < -0.4 is 10.5 Å². The highest BCUT2D eigenvalue weighted by Gasteiger charge is 2.25. The van der Waals surface area contributed by atoms with Gasteiger partial charge < -0.3 is 10.5 Å². The van der Waals surface area contributed by atoms with E-state index < -0.39 is 0 Å². The van der Waals surface area contributed by atoms with E-state index in [0.717, 1.165) is 18.4 Å². The second-order valence-electron chi connectivity index (χ2n) is 3.79. The molecule has 76 valence electrons. The lowest BCUT2D eigenvalue weighted by molar-refractivity contribution is 0.297. The lowest BCUT2D eigenvalue weighted by atomic mass is 10.1. The summed E-state index contributed by atoms with van der Waals surface area (Å²) in [5.74, 6) is 0.326. The molecule has 1 aliphatic carbocycles. The van der Waals surface area contributed by atoms with Crippen molar-refractivity contribution in [1.82, 2.24) is 0 Å². The molecular formula is C11H14FNO. The van der Waals surface area contributed by atoms with Crippen molar-refractivity contribution in [2.24, 2.45) is 5.73 Å². The third-order valence-corrected chi connectivity index (χ3v) is 2.28. The van der Waals surface area contributed by atoms with Crippen LogP contribution in [-0.2, 0) is 0 Å². The fourth-order valence-corrected chi connectivity index (χ4v) is 1.35. The summed E-state index contributed by atoms with van der Waals surface area (Å²) in [6.07, 6.45) is 2.40. The molecule has 2 rings (SSSR count). The number of ether oxygens (including phenoxy) is 1. The SMILES string of the molecule is C[C@@H](N)c1ccc(F)cc1OC1CC1. The summed E-state index contributed by atoms with van der Waals surface area (Å²) in [6.45, 7) is 1.87. The van der Waals surface area contributed by atoms with Crippen LogP contribution in [-0.4, -0.2) is 6.10 Å². The van der Waals surface area contributed by atoms with Gasteiger partial charge in [0.15, 0.2) is 0 Å². The van der Waals surface area contributed by atoms with Gasteiger partial charge in [-0.25, -0.2) is 4.39 Å². The Balaban J connectivity index is 2.27. The Hall–Kier alpha value is -1.09. The van der Waals surface area contributed by atoms with E-state index in [1.165, 1.54) is 12.1 Å². The Labute approximate surface area is 82.9 Å². The number of hydrogen-bond acceptors (Lipinski definition) is 2. The minimum Gasteiger partial charge on any atom is -0.490 e. The molecule has 0 aliphatic heterocycles. The second kappa shape index (κ2) is 3.58. The Kier molecular flexibility index (Phi) is 2.42. The maximum absolute atomic E-state index is 13.0. The first kappa shape index (κ1) is 9.46. The first-order valence-electron chi connectivity index (χ1n) is 4.88. The first-order valence-corrected chi connectivity index (χ1v) is 4.88. The summed E-state index contributed by atoms with van der Waals surface area (Å²) in [5.41, 5.74) is 6.63. The molecule has 3 heteroatoms. The predicted molar refractivity (Wildman–Crippen MR) is 52.7 cm³/mol. The van der Waals surface area contributed by atoms with Crippen LogP contribution in [0.1, 0.15) is 31.4 Å². The van der Waals surface area contributed by atoms with Crippen LogP contribution >= 0.6 is 0 Å². The standard InChI is InChI=1S/C11H14FNO/c1-7(13)10-5-2-8(12)6-11(10)14-9-3-4-9/h2,5-7,9H,3-4,13H2,1H3/t7-/m1/s1. The smallest absolute Gasteiger partial charge is 0.127 e. The zero-order valence-corrected chi connectivity index (χ0v) is 8.16. The van der Waals surface area contributed by atoms with Gasteiger partial charge in [-0.15, -0.1) is 0 Å². The van der Waals surface area contributed by atoms with Gasteiger partial charge in [0.05, 0.1) is 6.10 Å². The quantitative estimate of drug-likeness (QED) is 0.803. The number of nitrogens with two attached hydrogens (primary N) is 1. The number of benzene rings is 1. The highest BCUT2D eigenvalue weighted by Crippen LogP contribution is 2.31. The Bertz CT molecular complexity index is 334. The number of halogens is 1. The molecule has 0 spiro atoms. The predicted octanol–water partition coefficient (Wildman–Crippen LogP) is 2.39. The molecule has 1 aliphatic rings. The lowest BCUT2D eigenvalue weighted by Gasteiger charge is -2.13. The average molecular weight is 195 g/mol. The molecule has 1 atom stereocenters. The van der Waals surface area contributed by atoms with Gasteiger partial charge in [-0.2, -0.15) is 0 Å². The minimum absolute atomic E-state index is 0.121. The largest absolute Gasteiger partial charge is 0.490 e. The molecule has 1 saturated carbocycles. The Morgan fingerprint density at radius 3 is 2.79 bits per heavy atom. The third-order valence-electron chi connectivity index (χ3n) is 2.28. The molecule has 2 N–H and O–H groups in total. The fraction of sp³-hybridized carbons (Fsp3) is 0.455. The topological polar surface area (TPSA) is 35.2 Å². The molecule has 0 radical (unpaired) electrons. The van der Waals surface area contributed by atoms with E-state index in [0.29, 0.717) is 5.75 Å². The summed E-state index contributed by atoms with van der Waals surface area (Å²) in [4.78, 5) is 0. The average Bonchev–Trinajstić information content (AvgIpc) is 2.87. The van der Waals surface area contributed by atoms with Crippen LogP contribution in [0.3, 0.4) is 0 Å². The van der Waals surface area contributed by atoms with Crippen molar-refractivity contribution in [1.29, 1.82) is 0 Å². The molecule has 2 nitrogen and oxygen atoms in total. The van der Waals surface area contributed by atoms with Crippen LogP contribution in [0, 0.1) is 5.82 Å². The molecule has 14 heavy (non-hydrogen) atoms. The van der Waals surface area contributed by atoms with Gasteiger partial charge in [0.25, 0.3) is 0 Å². The summed E-state index contributed by atoms with van der Waals surface area (Å²) < 4.78 is 18.5. The Morgan fingerprint density at radius 2 is 2.21 bits per heavy atom. The number of rotatable bonds is 3. The van der Waals surface area contributed by atoms with Crippen molar-refractivity contribution >= 4 is 0 Å². The highest BCUT2D eigenvalue weighted by molar-refractivity contribution is 5.36. The molecule has 0 saturated heterocycles. The van der Waals surface area contributed by atoms with Crippen molar-refractivity contribution < 1.29 is 9.13 Å². The molecule has 1 fully saturated rings. The molecule has 1 aromatic carbocycles. The molecule has 1 aromatic rings. The fourth-order valence-electron chi connectivity index (χ4n) is 1.35. The molecule has 0 heterocycles. The van der Waals surface area contributed by atoms with Crippen molar-refractivity contribution in [3.05, 3.63) is 29.6 Å². The van der Waals surface area contributed by atoms with E-state index in [1.54, 1.807) is 6.07 Å². The summed E-state index contributed by atoms with van der Waals surface area (Å²) in [6, 6.07) is 4.40. The maximum Gasteiger partial charge on any atom is 0.127 e. The minimum atomic E-state index is -0.273. The van der Waals surface area contributed by atoms with Crippen LogP contribution in [0.4, 0.5) is 4.39 Å². The monoisotopic (exact) mass is 195 g/mol. The molecule has 0 amide bonds. The van der Waals surface area contributed by atoms with Gasteiger partial charge in [0, 0.05) is 17.7 Å². The summed E-state index contributed by atoms with van der Waals surface area (Å²) in [7, 11) is 0. The van der Waals surface area contributed by atoms with Crippen LogP contribution in [0.15, 0.2) is 18.2 Å². The molecule has 0 bridgehead atoms. The van der Waals surface area contributed by atoms with Gasteiger partial charge in [0.1, 0.15) is 11.6 Å². The zero-order chi connectivity index (χ0) is 10.1. The van der Waals surface area contributed by atoms with Gasteiger partial charge in [-0.1, -0.05) is 6.07 Å². The van der Waals surface area contributed by atoms with Gasteiger partial charge in [-0.05, 0) is 25.8 Å². The highest BCUT2D eigenvalue weighted by atomic mass is 19.1. The van der Waals surface area contributed by atoms with Crippen LogP contribution in [0.25, 0.3) is 0 Å². The first-order chi connectivity index (χ1) is 6.66. The zero-order valence-electron chi connectivity index (χ0n) is 8.16. The summed E-state index contributed by atoms with van der Waals surface area (Å²) >= 11 is 0. The Morgan fingerprint density at radius 1 is 1.50 bits per heavy atom. The summed E-state index contributed by atoms with van der Waals surface area (Å²) in [5, 5.41) is 0. The van der Waals surface area contributed by atoms with E-state index in [1.807, 2.05) is 6.92 Å². The van der Waals surface area contributed by atoms with Crippen molar-refractivity contribution in [3.8, 4) is 5.75 Å². The van der Waals surface area contributed by atoms with E-state index >= 15 is 0 Å². The molecular weight excluding hydrogens is 181 g/mol. The second-order valence-corrected chi connectivity index (χ2v) is 3.79. The molecule has 0 aromatic heterocycles. The van der Waals surface area contributed by atoms with Crippen LogP contribution in [0.2, 0.25) is 0 Å². The normalized spacial score (nSPS) is 17.9. The van der Waals surface area contributed by atoms with Gasteiger partial charge in [0.2, 0.25) is 0 Å². The van der Waals surface area contributed by atoms with Crippen molar-refractivity contribution in [3.63, 3.8) is 0 Å². The van der Waals surface area contributed by atoms with Crippen molar-refractivity contribution in [2.45, 2.75) is 31.9 Å². The maximum atomic E-state index is 13.0. The van der Waals surface area contributed by atoms with Crippen LogP contribution in [0.5, 0.6) is 5.75 Å².